The number of hydrogen-bond donors (Lipinski definition) is 2. The van der Waals surface area contributed by atoms with Crippen LogP contribution >= 0.6 is 7.60 Å². The van der Waals surface area contributed by atoms with Gasteiger partial charge in [-0.1, -0.05) is 5.21 Å². The van der Waals surface area contributed by atoms with Gasteiger partial charge in [0.2, 0.25) is 0 Å². The first-order valence-corrected chi connectivity index (χ1v) is 7.04. The number of aromatic nitrogens is 3. The van der Waals surface area contributed by atoms with Crippen molar-refractivity contribution in [3.63, 3.8) is 0 Å². The van der Waals surface area contributed by atoms with Gasteiger partial charge in [-0.05, 0) is 12.1 Å². The van der Waals surface area contributed by atoms with E-state index in [1.54, 1.807) is 0 Å². The standard InChI is InChI=1S/C10H10F2N3O3P/c11-8-3-7(4-9(12)5-8)10-6-15(14-13-10)1-2-19(16,17)18/h3-6H,1-2H2,(H2,16,17,18). The van der Waals surface area contributed by atoms with Gasteiger partial charge in [0.15, 0.2) is 0 Å². The van der Waals surface area contributed by atoms with Crippen LogP contribution in [-0.2, 0) is 11.1 Å². The van der Waals surface area contributed by atoms with E-state index in [0.29, 0.717) is 0 Å². The minimum Gasteiger partial charge on any atom is -0.324 e. The molecule has 1 aromatic heterocycles. The summed E-state index contributed by atoms with van der Waals surface area (Å²) in [6.07, 6.45) is 0.983. The molecule has 2 N–H and O–H groups in total. The van der Waals surface area contributed by atoms with Crippen LogP contribution in [0.5, 0.6) is 0 Å². The van der Waals surface area contributed by atoms with Gasteiger partial charge in [-0.2, -0.15) is 0 Å². The Bertz CT molecular complexity index is 620. The highest BCUT2D eigenvalue weighted by Crippen LogP contribution is 2.34. The molecular weight excluding hydrogens is 279 g/mol. The lowest BCUT2D eigenvalue weighted by Crippen LogP contribution is -2.03. The summed E-state index contributed by atoms with van der Waals surface area (Å²) in [7, 11) is -4.12. The second kappa shape index (κ2) is 5.16. The van der Waals surface area contributed by atoms with Crippen LogP contribution in [0.15, 0.2) is 24.4 Å². The number of benzene rings is 1. The highest BCUT2D eigenvalue weighted by Gasteiger charge is 2.14. The van der Waals surface area contributed by atoms with E-state index in [2.05, 4.69) is 10.3 Å². The summed E-state index contributed by atoms with van der Waals surface area (Å²) < 4.78 is 38.0. The van der Waals surface area contributed by atoms with Gasteiger partial charge >= 0.3 is 7.60 Å². The van der Waals surface area contributed by atoms with Crippen molar-refractivity contribution in [3.8, 4) is 11.3 Å². The van der Waals surface area contributed by atoms with Crippen molar-refractivity contribution in [1.29, 1.82) is 0 Å². The van der Waals surface area contributed by atoms with Crippen LogP contribution in [0.4, 0.5) is 8.78 Å². The minimum absolute atomic E-state index is 0.0327. The molecule has 0 saturated carbocycles. The molecule has 0 amide bonds. The first-order chi connectivity index (χ1) is 8.83. The number of aryl methyl sites for hydroxylation is 1. The van der Waals surface area contributed by atoms with Crippen LogP contribution in [0.3, 0.4) is 0 Å². The summed E-state index contributed by atoms with van der Waals surface area (Å²) in [5, 5.41) is 7.33. The molecule has 0 aliphatic heterocycles. The zero-order valence-electron chi connectivity index (χ0n) is 9.57. The predicted molar refractivity (Wildman–Crippen MR) is 62.3 cm³/mol. The molecule has 0 atom stereocenters. The second-order valence-corrected chi connectivity index (χ2v) is 5.69. The van der Waals surface area contributed by atoms with Crippen molar-refractivity contribution in [2.24, 2.45) is 0 Å². The van der Waals surface area contributed by atoms with Gasteiger partial charge in [0.1, 0.15) is 17.3 Å². The summed E-state index contributed by atoms with van der Waals surface area (Å²) in [6.45, 7) is -0.0327. The van der Waals surface area contributed by atoms with E-state index >= 15 is 0 Å². The summed E-state index contributed by atoms with van der Waals surface area (Å²) in [5.41, 5.74) is 0.434. The lowest BCUT2D eigenvalue weighted by molar-refractivity contribution is 0.368. The van der Waals surface area contributed by atoms with E-state index < -0.39 is 19.2 Å². The van der Waals surface area contributed by atoms with Crippen molar-refractivity contribution in [2.75, 3.05) is 6.16 Å². The fourth-order valence-corrected chi connectivity index (χ4v) is 1.94. The van der Waals surface area contributed by atoms with Crippen molar-refractivity contribution in [3.05, 3.63) is 36.0 Å². The Morgan fingerprint density at radius 1 is 1.21 bits per heavy atom. The molecular formula is C10H10F2N3O3P. The van der Waals surface area contributed by atoms with Gasteiger partial charge in [-0.3, -0.25) is 9.25 Å². The molecule has 9 heteroatoms. The molecule has 0 unspecified atom stereocenters. The van der Waals surface area contributed by atoms with Crippen molar-refractivity contribution in [1.82, 2.24) is 15.0 Å². The SMILES string of the molecule is O=P(O)(O)CCn1cc(-c2cc(F)cc(F)c2)nn1. The van der Waals surface area contributed by atoms with Crippen LogP contribution in [0.25, 0.3) is 11.3 Å². The molecule has 0 radical (unpaired) electrons. The maximum atomic E-state index is 13.0. The highest BCUT2D eigenvalue weighted by atomic mass is 31.2. The number of hydrogen-bond acceptors (Lipinski definition) is 3. The zero-order chi connectivity index (χ0) is 14.0. The third-order valence-electron chi connectivity index (χ3n) is 2.32. The lowest BCUT2D eigenvalue weighted by atomic mass is 10.1. The fraction of sp³-hybridized carbons (Fsp3) is 0.200. The van der Waals surface area contributed by atoms with Crippen molar-refractivity contribution < 1.29 is 23.1 Å². The summed E-state index contributed by atoms with van der Waals surface area (Å²) >= 11 is 0. The van der Waals surface area contributed by atoms with Gasteiger partial charge in [0.25, 0.3) is 0 Å². The Kier molecular flexibility index (Phi) is 3.75. The third-order valence-corrected chi connectivity index (χ3v) is 3.10. The molecule has 0 spiro atoms. The molecule has 102 valence electrons. The predicted octanol–water partition coefficient (Wildman–Crippen LogP) is 1.40. The Morgan fingerprint density at radius 2 is 1.84 bits per heavy atom. The average Bonchev–Trinajstić information content (AvgIpc) is 2.72. The van der Waals surface area contributed by atoms with Gasteiger partial charge in [-0.25, -0.2) is 8.78 Å². The largest absolute Gasteiger partial charge is 0.327 e. The maximum Gasteiger partial charge on any atom is 0.327 e. The number of rotatable bonds is 4. The highest BCUT2D eigenvalue weighted by molar-refractivity contribution is 7.51. The number of nitrogens with zero attached hydrogens (tertiary/aromatic N) is 3. The summed E-state index contributed by atoms with van der Waals surface area (Å²) in [4.78, 5) is 17.5. The molecule has 19 heavy (non-hydrogen) atoms. The van der Waals surface area contributed by atoms with E-state index in [1.165, 1.54) is 10.9 Å². The minimum atomic E-state index is -4.12. The average molecular weight is 289 g/mol. The van der Waals surface area contributed by atoms with Crippen LogP contribution in [0, 0.1) is 11.6 Å². The zero-order valence-corrected chi connectivity index (χ0v) is 10.5. The van der Waals surface area contributed by atoms with Crippen LogP contribution in [0.2, 0.25) is 0 Å². The van der Waals surface area contributed by atoms with E-state index in [-0.39, 0.29) is 24.0 Å². The van der Waals surface area contributed by atoms with E-state index in [0.717, 1.165) is 18.2 Å². The third kappa shape index (κ3) is 3.92. The molecule has 2 aromatic rings. The van der Waals surface area contributed by atoms with E-state index in [1.807, 2.05) is 0 Å². The van der Waals surface area contributed by atoms with Crippen molar-refractivity contribution >= 4 is 7.60 Å². The van der Waals surface area contributed by atoms with Crippen LogP contribution < -0.4 is 0 Å². The molecule has 0 aliphatic carbocycles. The monoisotopic (exact) mass is 289 g/mol. The van der Waals surface area contributed by atoms with Crippen LogP contribution in [0.1, 0.15) is 0 Å². The van der Waals surface area contributed by atoms with Crippen molar-refractivity contribution in [2.45, 2.75) is 6.54 Å². The molecule has 6 nitrogen and oxygen atoms in total. The maximum absolute atomic E-state index is 13.0. The molecule has 2 rings (SSSR count). The normalized spacial score (nSPS) is 11.8. The van der Waals surface area contributed by atoms with Gasteiger partial charge in [0.05, 0.1) is 18.9 Å². The number of halogens is 2. The van der Waals surface area contributed by atoms with Gasteiger partial charge in [-0.15, -0.1) is 5.10 Å². The van der Waals surface area contributed by atoms with E-state index in [4.69, 9.17) is 9.79 Å². The smallest absolute Gasteiger partial charge is 0.324 e. The Morgan fingerprint density at radius 3 is 2.42 bits per heavy atom. The lowest BCUT2D eigenvalue weighted by Gasteiger charge is -2.02. The molecule has 1 heterocycles. The second-order valence-electron chi connectivity index (χ2n) is 3.91. The molecule has 0 bridgehead atoms. The Hall–Kier alpha value is -1.63. The quantitative estimate of drug-likeness (QED) is 0.831. The molecule has 0 saturated heterocycles. The summed E-state index contributed by atoms with van der Waals surface area (Å²) in [6, 6.07) is 2.93. The molecule has 0 aliphatic rings. The van der Waals surface area contributed by atoms with Gasteiger partial charge < -0.3 is 9.79 Å². The van der Waals surface area contributed by atoms with Gasteiger partial charge in [0, 0.05) is 11.6 Å². The molecule has 0 fully saturated rings. The Balaban J connectivity index is 2.18. The summed E-state index contributed by atoms with van der Waals surface area (Å²) in [5.74, 6) is -1.47. The topological polar surface area (TPSA) is 88.2 Å². The first-order valence-electron chi connectivity index (χ1n) is 5.25. The molecule has 1 aromatic carbocycles. The Labute approximate surface area is 106 Å². The first kappa shape index (κ1) is 13.8. The fourth-order valence-electron chi connectivity index (χ4n) is 1.47. The van der Waals surface area contributed by atoms with Crippen LogP contribution in [-0.4, -0.2) is 30.9 Å². The van der Waals surface area contributed by atoms with E-state index in [9.17, 15) is 13.3 Å².